The number of amides is 1. The minimum Gasteiger partial charge on any atom is -0.371 e. The minimum absolute atomic E-state index is 0.0609. The average Bonchev–Trinajstić information content (AvgIpc) is 3.11. The molecule has 0 bridgehead atoms. The number of hydrogen-bond donors (Lipinski definition) is 0. The van der Waals surface area contributed by atoms with E-state index in [9.17, 15) is 4.79 Å². The van der Waals surface area contributed by atoms with Crippen LogP contribution in [0.1, 0.15) is 23.2 Å². The second-order valence-electron chi connectivity index (χ2n) is 7.82. The molecule has 1 aliphatic rings. The molecule has 0 atom stereocenters. The number of rotatable bonds is 4. The van der Waals surface area contributed by atoms with Crippen LogP contribution >= 0.6 is 11.6 Å². The molecule has 0 aliphatic carbocycles. The second-order valence-corrected chi connectivity index (χ2v) is 8.23. The normalized spacial score (nSPS) is 15.2. The number of halogens is 1. The van der Waals surface area contributed by atoms with E-state index in [-0.39, 0.29) is 5.91 Å². The first-order valence-electron chi connectivity index (χ1n) is 9.83. The van der Waals surface area contributed by atoms with E-state index in [0.29, 0.717) is 16.5 Å². The van der Waals surface area contributed by atoms with Crippen molar-refractivity contribution in [2.24, 2.45) is 5.92 Å². The van der Waals surface area contributed by atoms with Crippen molar-refractivity contribution < 1.29 is 4.79 Å². The van der Waals surface area contributed by atoms with Crippen molar-refractivity contribution in [1.82, 2.24) is 9.47 Å². The van der Waals surface area contributed by atoms with Gasteiger partial charge >= 0.3 is 0 Å². The lowest BCUT2D eigenvalue weighted by Crippen LogP contribution is -2.35. The summed E-state index contributed by atoms with van der Waals surface area (Å²) in [5.41, 5.74) is 2.98. The Labute approximate surface area is 171 Å². The maximum absolute atomic E-state index is 12.2. The molecule has 1 aliphatic heterocycles. The highest BCUT2D eigenvalue weighted by molar-refractivity contribution is 6.34. The number of hydrogen-bond acceptors (Lipinski definition) is 2. The Bertz CT molecular complexity index is 986. The summed E-state index contributed by atoms with van der Waals surface area (Å²) in [5, 5.41) is 1.83. The number of para-hydroxylation sites is 1. The quantitative estimate of drug-likeness (QED) is 0.627. The Kier molecular flexibility index (Phi) is 5.31. The molecule has 1 fully saturated rings. The molecule has 1 amide bonds. The van der Waals surface area contributed by atoms with Crippen LogP contribution in [0.25, 0.3) is 10.9 Å². The van der Waals surface area contributed by atoms with Crippen LogP contribution in [-0.2, 0) is 6.54 Å². The van der Waals surface area contributed by atoms with Crippen LogP contribution in [0.2, 0.25) is 5.02 Å². The Hall–Kier alpha value is -2.46. The maximum Gasteiger partial charge on any atom is 0.254 e. The molecule has 146 valence electrons. The van der Waals surface area contributed by atoms with E-state index in [1.165, 1.54) is 10.9 Å². The number of carbonyl (C=O) groups excluding carboxylic acids is 1. The van der Waals surface area contributed by atoms with E-state index in [1.807, 2.05) is 18.2 Å². The van der Waals surface area contributed by atoms with Crippen molar-refractivity contribution in [2.45, 2.75) is 19.4 Å². The van der Waals surface area contributed by atoms with Crippen molar-refractivity contribution in [3.8, 4) is 0 Å². The Morgan fingerprint density at radius 3 is 2.57 bits per heavy atom. The smallest absolute Gasteiger partial charge is 0.254 e. The fourth-order valence-corrected chi connectivity index (χ4v) is 4.32. The number of nitrogens with zero attached hydrogens (tertiary/aromatic N) is 3. The third-order valence-corrected chi connectivity index (χ3v) is 6.02. The SMILES string of the molecule is CN(C)C(=O)c1ccc(N2CCC(Cn3ccc4ccccc43)CC2)cc1Cl. The lowest BCUT2D eigenvalue weighted by molar-refractivity contribution is 0.0828. The van der Waals surface area contributed by atoms with E-state index in [4.69, 9.17) is 11.6 Å². The Morgan fingerprint density at radius 2 is 1.86 bits per heavy atom. The molecule has 2 heterocycles. The van der Waals surface area contributed by atoms with Gasteiger partial charge in [-0.15, -0.1) is 0 Å². The summed E-state index contributed by atoms with van der Waals surface area (Å²) >= 11 is 6.39. The fourth-order valence-electron chi connectivity index (χ4n) is 4.07. The average molecular weight is 396 g/mol. The van der Waals surface area contributed by atoms with Gasteiger partial charge in [0.25, 0.3) is 5.91 Å². The van der Waals surface area contributed by atoms with Crippen molar-refractivity contribution in [3.63, 3.8) is 0 Å². The van der Waals surface area contributed by atoms with Gasteiger partial charge in [0.2, 0.25) is 0 Å². The molecule has 5 heteroatoms. The minimum atomic E-state index is -0.0609. The molecule has 4 nitrogen and oxygen atoms in total. The number of aromatic nitrogens is 1. The number of anilines is 1. The highest BCUT2D eigenvalue weighted by Gasteiger charge is 2.21. The van der Waals surface area contributed by atoms with Gasteiger partial charge in [0, 0.05) is 51.1 Å². The van der Waals surface area contributed by atoms with Gasteiger partial charge in [0.05, 0.1) is 10.6 Å². The summed E-state index contributed by atoms with van der Waals surface area (Å²) in [4.78, 5) is 16.1. The van der Waals surface area contributed by atoms with Crippen molar-refractivity contribution in [1.29, 1.82) is 0 Å². The van der Waals surface area contributed by atoms with Gasteiger partial charge in [0.15, 0.2) is 0 Å². The fraction of sp³-hybridized carbons (Fsp3) is 0.348. The highest BCUT2D eigenvalue weighted by atomic mass is 35.5. The number of piperidine rings is 1. The lowest BCUT2D eigenvalue weighted by atomic mass is 9.96. The molecular formula is C23H26ClN3O. The zero-order chi connectivity index (χ0) is 19.7. The first kappa shape index (κ1) is 18.9. The van der Waals surface area contributed by atoms with Crippen LogP contribution in [0.3, 0.4) is 0 Å². The molecule has 2 aromatic carbocycles. The highest BCUT2D eigenvalue weighted by Crippen LogP contribution is 2.29. The van der Waals surface area contributed by atoms with Crippen LogP contribution in [-0.4, -0.2) is 42.6 Å². The van der Waals surface area contributed by atoms with Gasteiger partial charge in [-0.1, -0.05) is 29.8 Å². The van der Waals surface area contributed by atoms with Crippen molar-refractivity contribution in [2.75, 3.05) is 32.1 Å². The van der Waals surface area contributed by atoms with Crippen LogP contribution in [0.4, 0.5) is 5.69 Å². The largest absolute Gasteiger partial charge is 0.371 e. The lowest BCUT2D eigenvalue weighted by Gasteiger charge is -2.34. The number of fused-ring (bicyclic) bond motifs is 1. The zero-order valence-corrected chi connectivity index (χ0v) is 17.2. The molecule has 0 unspecified atom stereocenters. The first-order chi connectivity index (χ1) is 13.5. The molecular weight excluding hydrogens is 370 g/mol. The predicted octanol–water partition coefficient (Wildman–Crippen LogP) is 4.91. The molecule has 0 saturated carbocycles. The molecule has 0 radical (unpaired) electrons. The van der Waals surface area contributed by atoms with E-state index in [1.54, 1.807) is 19.0 Å². The molecule has 1 saturated heterocycles. The number of carbonyl (C=O) groups is 1. The van der Waals surface area contributed by atoms with Gasteiger partial charge in [-0.05, 0) is 54.5 Å². The molecule has 3 aromatic rings. The molecule has 28 heavy (non-hydrogen) atoms. The van der Waals surface area contributed by atoms with Crippen molar-refractivity contribution in [3.05, 3.63) is 65.3 Å². The van der Waals surface area contributed by atoms with Gasteiger partial charge in [-0.25, -0.2) is 0 Å². The van der Waals surface area contributed by atoms with Gasteiger partial charge < -0.3 is 14.4 Å². The summed E-state index contributed by atoms with van der Waals surface area (Å²) in [6.07, 6.45) is 4.52. The third-order valence-electron chi connectivity index (χ3n) is 5.70. The van der Waals surface area contributed by atoms with Crippen LogP contribution in [0, 0.1) is 5.92 Å². The summed E-state index contributed by atoms with van der Waals surface area (Å²) in [6, 6.07) is 16.6. The van der Waals surface area contributed by atoms with Gasteiger partial charge in [-0.3, -0.25) is 4.79 Å². The van der Waals surface area contributed by atoms with Crippen molar-refractivity contribution >= 4 is 34.1 Å². The van der Waals surface area contributed by atoms with E-state index in [2.05, 4.69) is 46.0 Å². The second kappa shape index (κ2) is 7.88. The Balaban J connectivity index is 1.40. The van der Waals surface area contributed by atoms with Gasteiger partial charge in [-0.2, -0.15) is 0 Å². The van der Waals surface area contributed by atoms with E-state index >= 15 is 0 Å². The maximum atomic E-state index is 12.2. The van der Waals surface area contributed by atoms with Crippen LogP contribution < -0.4 is 4.90 Å². The summed E-state index contributed by atoms with van der Waals surface area (Å²) in [7, 11) is 3.48. The van der Waals surface area contributed by atoms with Crippen LogP contribution in [0.5, 0.6) is 0 Å². The van der Waals surface area contributed by atoms with E-state index < -0.39 is 0 Å². The predicted molar refractivity (Wildman–Crippen MR) is 116 cm³/mol. The molecule has 1 aromatic heterocycles. The third kappa shape index (κ3) is 3.74. The Morgan fingerprint density at radius 1 is 1.11 bits per heavy atom. The summed E-state index contributed by atoms with van der Waals surface area (Å²) < 4.78 is 2.38. The summed E-state index contributed by atoms with van der Waals surface area (Å²) in [5.74, 6) is 0.617. The van der Waals surface area contributed by atoms with Crippen LogP contribution in [0.15, 0.2) is 54.7 Å². The number of benzene rings is 2. The van der Waals surface area contributed by atoms with Gasteiger partial charge in [0.1, 0.15) is 0 Å². The molecule has 4 rings (SSSR count). The molecule has 0 N–H and O–H groups in total. The summed E-state index contributed by atoms with van der Waals surface area (Å²) in [6.45, 7) is 3.10. The monoisotopic (exact) mass is 395 g/mol. The van der Waals surface area contributed by atoms with E-state index in [0.717, 1.165) is 38.2 Å². The first-order valence-corrected chi connectivity index (χ1v) is 10.2. The molecule has 0 spiro atoms. The topological polar surface area (TPSA) is 28.5 Å². The zero-order valence-electron chi connectivity index (χ0n) is 16.4. The standard InChI is InChI=1S/C23H26ClN3O/c1-25(2)23(28)20-8-7-19(15-21(20)24)26-12-9-17(10-13-26)16-27-14-11-18-5-3-4-6-22(18)27/h3-8,11,14-15,17H,9-10,12-13,16H2,1-2H3.